The topological polar surface area (TPSA) is 23.5 Å². The number of nitrogens with zero attached hydrogens (tertiary/aromatic N) is 1. The minimum atomic E-state index is 0.361. The van der Waals surface area contributed by atoms with Gasteiger partial charge in [-0.1, -0.05) is 81.5 Å². The Kier molecular flexibility index (Phi) is 7.13. The number of benzene rings is 2. The average molecular weight is 352 g/mol. The van der Waals surface area contributed by atoms with Crippen molar-refractivity contribution in [3.8, 4) is 5.75 Å². The highest BCUT2D eigenvalue weighted by molar-refractivity contribution is 5.27. The fourth-order valence-electron chi connectivity index (χ4n) is 4.32. The van der Waals surface area contributed by atoms with Crippen LogP contribution in [0.15, 0.2) is 54.6 Å². The van der Waals surface area contributed by atoms with Gasteiger partial charge in [0.1, 0.15) is 5.75 Å². The van der Waals surface area contributed by atoms with Gasteiger partial charge >= 0.3 is 0 Å². The van der Waals surface area contributed by atoms with Crippen molar-refractivity contribution in [3.63, 3.8) is 0 Å². The zero-order valence-corrected chi connectivity index (χ0v) is 16.1. The van der Waals surface area contributed by atoms with E-state index in [0.29, 0.717) is 5.75 Å². The van der Waals surface area contributed by atoms with E-state index < -0.39 is 0 Å². The lowest BCUT2D eigenvalue weighted by atomic mass is 9.87. The van der Waals surface area contributed by atoms with E-state index in [1.165, 1.54) is 49.7 Å². The Balaban J connectivity index is 1.65. The lowest BCUT2D eigenvalue weighted by Crippen LogP contribution is -2.27. The van der Waals surface area contributed by atoms with Gasteiger partial charge in [0.15, 0.2) is 0 Å². The molecule has 2 aromatic rings. The van der Waals surface area contributed by atoms with Crippen LogP contribution >= 0.6 is 0 Å². The van der Waals surface area contributed by atoms with Crippen molar-refractivity contribution in [1.82, 2.24) is 4.90 Å². The van der Waals surface area contributed by atoms with Crippen molar-refractivity contribution < 1.29 is 5.11 Å². The van der Waals surface area contributed by atoms with Crippen LogP contribution in [0.4, 0.5) is 0 Å². The van der Waals surface area contributed by atoms with Crippen LogP contribution in [0.25, 0.3) is 0 Å². The van der Waals surface area contributed by atoms with Crippen LogP contribution in [0.2, 0.25) is 0 Å². The zero-order valence-electron chi connectivity index (χ0n) is 16.1. The second kappa shape index (κ2) is 9.78. The highest BCUT2D eigenvalue weighted by Crippen LogP contribution is 2.31. The fourth-order valence-corrected chi connectivity index (χ4v) is 4.32. The summed E-state index contributed by atoms with van der Waals surface area (Å²) in [4.78, 5) is 2.54. The molecule has 0 saturated heterocycles. The van der Waals surface area contributed by atoms with Gasteiger partial charge in [-0.25, -0.2) is 0 Å². The first-order valence-corrected chi connectivity index (χ1v) is 10.2. The molecular formula is C24H33NO. The molecule has 0 aliphatic heterocycles. The van der Waals surface area contributed by atoms with E-state index in [2.05, 4.69) is 48.2 Å². The van der Waals surface area contributed by atoms with Crippen molar-refractivity contribution >= 4 is 0 Å². The third-order valence-electron chi connectivity index (χ3n) is 5.92. The zero-order chi connectivity index (χ0) is 18.2. The van der Waals surface area contributed by atoms with Crippen LogP contribution in [-0.2, 0) is 13.1 Å². The minimum absolute atomic E-state index is 0.361. The molecule has 0 radical (unpaired) electrons. The molecule has 1 fully saturated rings. The first-order valence-electron chi connectivity index (χ1n) is 10.2. The van der Waals surface area contributed by atoms with Gasteiger partial charge in [-0.2, -0.15) is 0 Å². The van der Waals surface area contributed by atoms with Gasteiger partial charge in [-0.3, -0.25) is 4.90 Å². The van der Waals surface area contributed by atoms with Crippen LogP contribution in [0.3, 0.4) is 0 Å². The number of aromatic hydroxyl groups is 1. The van der Waals surface area contributed by atoms with Gasteiger partial charge in [0, 0.05) is 13.1 Å². The Morgan fingerprint density at radius 3 is 2.42 bits per heavy atom. The summed E-state index contributed by atoms with van der Waals surface area (Å²) in [6, 6.07) is 18.4. The van der Waals surface area contributed by atoms with Gasteiger partial charge in [0.05, 0.1) is 0 Å². The maximum absolute atomic E-state index is 9.80. The summed E-state index contributed by atoms with van der Waals surface area (Å²) in [7, 11) is 0. The van der Waals surface area contributed by atoms with E-state index in [1.807, 2.05) is 12.1 Å². The minimum Gasteiger partial charge on any atom is -0.508 e. The summed E-state index contributed by atoms with van der Waals surface area (Å²) >= 11 is 0. The van der Waals surface area contributed by atoms with Crippen LogP contribution < -0.4 is 0 Å². The average Bonchev–Trinajstić information content (AvgIpc) is 2.85. The smallest absolute Gasteiger partial charge is 0.115 e. The molecule has 140 valence electrons. The molecule has 2 atom stereocenters. The highest BCUT2D eigenvalue weighted by Gasteiger charge is 2.20. The number of phenols is 1. The number of phenolic OH excluding ortho intramolecular Hbond substituents is 1. The first-order chi connectivity index (χ1) is 12.7. The molecule has 2 aromatic carbocycles. The maximum atomic E-state index is 9.80. The normalized spacial score (nSPS) is 20.8. The van der Waals surface area contributed by atoms with E-state index in [1.54, 1.807) is 6.07 Å². The quantitative estimate of drug-likeness (QED) is 0.618. The van der Waals surface area contributed by atoms with Crippen LogP contribution in [0, 0.1) is 11.8 Å². The number of hydrogen-bond acceptors (Lipinski definition) is 2. The summed E-state index contributed by atoms with van der Waals surface area (Å²) in [5.41, 5.74) is 2.55. The Labute approximate surface area is 158 Å². The van der Waals surface area contributed by atoms with Crippen molar-refractivity contribution in [2.45, 2.75) is 58.5 Å². The summed E-state index contributed by atoms with van der Waals surface area (Å²) in [6.45, 7) is 5.44. The number of hydrogen-bond donors (Lipinski definition) is 1. The van der Waals surface area contributed by atoms with Crippen LogP contribution in [-0.4, -0.2) is 16.6 Å². The summed E-state index contributed by atoms with van der Waals surface area (Å²) in [5.74, 6) is 2.08. The molecule has 2 unspecified atom stereocenters. The molecule has 1 aliphatic rings. The first kappa shape index (κ1) is 19.0. The van der Waals surface area contributed by atoms with E-state index in [4.69, 9.17) is 0 Å². The molecule has 1 aliphatic carbocycles. The van der Waals surface area contributed by atoms with Crippen molar-refractivity contribution in [2.24, 2.45) is 11.8 Å². The van der Waals surface area contributed by atoms with Crippen molar-refractivity contribution in [3.05, 3.63) is 65.7 Å². The fraction of sp³-hybridized carbons (Fsp3) is 0.500. The van der Waals surface area contributed by atoms with Crippen LogP contribution in [0.5, 0.6) is 5.75 Å². The molecule has 2 nitrogen and oxygen atoms in total. The largest absolute Gasteiger partial charge is 0.508 e. The molecule has 0 spiro atoms. The van der Waals surface area contributed by atoms with E-state index >= 15 is 0 Å². The molecule has 0 heterocycles. The molecule has 1 saturated carbocycles. The molecule has 1 N–H and O–H groups in total. The standard InChI is InChI=1S/C24H33NO/c1-20-9-4-2-7-13-23(20)15-16-25(18-21-10-5-3-6-11-21)19-22-12-8-14-24(26)17-22/h3,5-6,8,10-12,14,17,20,23,26H,2,4,7,9,13,15-16,18-19H2,1H3. The number of rotatable bonds is 7. The summed E-state index contributed by atoms with van der Waals surface area (Å²) in [5, 5.41) is 9.80. The SMILES string of the molecule is CC1CCCCCC1CCN(Cc1ccccc1)Cc1cccc(O)c1. The van der Waals surface area contributed by atoms with E-state index in [9.17, 15) is 5.11 Å². The Morgan fingerprint density at radius 1 is 0.885 bits per heavy atom. The lowest BCUT2D eigenvalue weighted by Gasteiger charge is -2.27. The summed E-state index contributed by atoms with van der Waals surface area (Å²) in [6.07, 6.45) is 8.31. The molecule has 26 heavy (non-hydrogen) atoms. The second-order valence-electron chi connectivity index (χ2n) is 8.03. The third-order valence-corrected chi connectivity index (χ3v) is 5.92. The molecule has 0 bridgehead atoms. The molecule has 0 amide bonds. The second-order valence-corrected chi connectivity index (χ2v) is 8.03. The Bertz CT molecular complexity index is 654. The monoisotopic (exact) mass is 351 g/mol. The van der Waals surface area contributed by atoms with Gasteiger partial charge in [-0.05, 0) is 48.1 Å². The molecule has 0 aromatic heterocycles. The predicted molar refractivity (Wildman–Crippen MR) is 109 cm³/mol. The van der Waals surface area contributed by atoms with Crippen molar-refractivity contribution in [1.29, 1.82) is 0 Å². The van der Waals surface area contributed by atoms with Gasteiger partial charge < -0.3 is 5.11 Å². The third kappa shape index (κ3) is 5.88. The lowest BCUT2D eigenvalue weighted by molar-refractivity contribution is 0.209. The predicted octanol–water partition coefficient (Wildman–Crippen LogP) is 6.00. The highest BCUT2D eigenvalue weighted by atomic mass is 16.3. The maximum Gasteiger partial charge on any atom is 0.115 e. The summed E-state index contributed by atoms with van der Waals surface area (Å²) < 4.78 is 0. The van der Waals surface area contributed by atoms with E-state index in [0.717, 1.165) is 31.5 Å². The Morgan fingerprint density at radius 2 is 1.62 bits per heavy atom. The van der Waals surface area contributed by atoms with E-state index in [-0.39, 0.29) is 0 Å². The van der Waals surface area contributed by atoms with Gasteiger partial charge in [0.2, 0.25) is 0 Å². The molecule has 2 heteroatoms. The Hall–Kier alpha value is -1.80. The molecular weight excluding hydrogens is 318 g/mol. The molecule has 3 rings (SSSR count). The van der Waals surface area contributed by atoms with Gasteiger partial charge in [0.25, 0.3) is 0 Å². The van der Waals surface area contributed by atoms with Gasteiger partial charge in [-0.15, -0.1) is 0 Å². The van der Waals surface area contributed by atoms with Crippen LogP contribution in [0.1, 0.15) is 56.6 Å². The van der Waals surface area contributed by atoms with Crippen molar-refractivity contribution in [2.75, 3.05) is 6.54 Å².